The van der Waals surface area contributed by atoms with E-state index in [4.69, 9.17) is 9.47 Å². The van der Waals surface area contributed by atoms with Crippen molar-refractivity contribution >= 4 is 0 Å². The first-order valence-corrected chi connectivity index (χ1v) is 5.89. The predicted molar refractivity (Wildman–Crippen MR) is 68.2 cm³/mol. The maximum Gasteiger partial charge on any atom is 0.128 e. The van der Waals surface area contributed by atoms with Gasteiger partial charge in [-0.2, -0.15) is 0 Å². The fourth-order valence-electron chi connectivity index (χ4n) is 2.24. The SMILES string of the molecule is COc1ccc(C2Cc3cc(O)ccc3O2)cc1. The van der Waals surface area contributed by atoms with Gasteiger partial charge in [-0.3, -0.25) is 0 Å². The lowest BCUT2D eigenvalue weighted by molar-refractivity contribution is 0.238. The lowest BCUT2D eigenvalue weighted by Gasteiger charge is -2.11. The van der Waals surface area contributed by atoms with E-state index < -0.39 is 0 Å². The van der Waals surface area contributed by atoms with Crippen molar-refractivity contribution in [3.8, 4) is 17.2 Å². The Hall–Kier alpha value is -2.16. The van der Waals surface area contributed by atoms with E-state index in [1.165, 1.54) is 0 Å². The van der Waals surface area contributed by atoms with Crippen LogP contribution < -0.4 is 9.47 Å². The molecule has 2 aromatic carbocycles. The van der Waals surface area contributed by atoms with Crippen LogP contribution in [0.2, 0.25) is 0 Å². The van der Waals surface area contributed by atoms with E-state index in [-0.39, 0.29) is 11.9 Å². The molecule has 1 unspecified atom stereocenters. The molecule has 0 saturated carbocycles. The second-order valence-corrected chi connectivity index (χ2v) is 4.38. The Morgan fingerprint density at radius 1 is 1.17 bits per heavy atom. The molecule has 0 spiro atoms. The van der Waals surface area contributed by atoms with Crippen LogP contribution in [0.4, 0.5) is 0 Å². The third-order valence-corrected chi connectivity index (χ3v) is 3.21. The van der Waals surface area contributed by atoms with E-state index >= 15 is 0 Å². The van der Waals surface area contributed by atoms with Crippen LogP contribution in [0.3, 0.4) is 0 Å². The van der Waals surface area contributed by atoms with Crippen molar-refractivity contribution in [1.29, 1.82) is 0 Å². The maximum atomic E-state index is 9.45. The molecule has 2 aromatic rings. The van der Waals surface area contributed by atoms with Crippen LogP contribution in [0.1, 0.15) is 17.2 Å². The molecule has 1 aliphatic heterocycles. The van der Waals surface area contributed by atoms with Gasteiger partial charge in [-0.1, -0.05) is 12.1 Å². The zero-order chi connectivity index (χ0) is 12.5. The minimum atomic E-state index is 0.0210. The zero-order valence-electron chi connectivity index (χ0n) is 10.1. The van der Waals surface area contributed by atoms with Crippen LogP contribution >= 0.6 is 0 Å². The molecule has 0 aliphatic carbocycles. The van der Waals surface area contributed by atoms with Crippen molar-refractivity contribution in [3.63, 3.8) is 0 Å². The molecule has 0 fully saturated rings. The predicted octanol–water partition coefficient (Wildman–Crippen LogP) is 3.08. The summed E-state index contributed by atoms with van der Waals surface area (Å²) in [7, 11) is 1.65. The molecule has 3 rings (SSSR count). The van der Waals surface area contributed by atoms with E-state index in [2.05, 4.69) is 0 Å². The van der Waals surface area contributed by atoms with Crippen LogP contribution in [0, 0.1) is 0 Å². The van der Waals surface area contributed by atoms with Gasteiger partial charge in [0.05, 0.1) is 7.11 Å². The minimum absolute atomic E-state index is 0.0210. The highest BCUT2D eigenvalue weighted by atomic mass is 16.5. The summed E-state index contributed by atoms with van der Waals surface area (Å²) >= 11 is 0. The quantitative estimate of drug-likeness (QED) is 0.879. The highest BCUT2D eigenvalue weighted by Crippen LogP contribution is 2.38. The minimum Gasteiger partial charge on any atom is -0.508 e. The van der Waals surface area contributed by atoms with Gasteiger partial charge in [0.15, 0.2) is 0 Å². The van der Waals surface area contributed by atoms with Gasteiger partial charge in [0.1, 0.15) is 23.4 Å². The molecular formula is C15H14O3. The van der Waals surface area contributed by atoms with Crippen molar-refractivity contribution in [1.82, 2.24) is 0 Å². The fraction of sp³-hybridized carbons (Fsp3) is 0.200. The molecule has 1 heterocycles. The van der Waals surface area contributed by atoms with Gasteiger partial charge in [-0.05, 0) is 35.9 Å². The summed E-state index contributed by atoms with van der Waals surface area (Å²) in [4.78, 5) is 0. The van der Waals surface area contributed by atoms with E-state index in [0.717, 1.165) is 29.0 Å². The lowest BCUT2D eigenvalue weighted by Crippen LogP contribution is -2.02. The molecule has 0 radical (unpaired) electrons. The van der Waals surface area contributed by atoms with Crippen LogP contribution in [0.5, 0.6) is 17.2 Å². The van der Waals surface area contributed by atoms with Crippen molar-refractivity contribution in [2.45, 2.75) is 12.5 Å². The second kappa shape index (κ2) is 4.26. The Morgan fingerprint density at radius 3 is 2.67 bits per heavy atom. The summed E-state index contributed by atoms with van der Waals surface area (Å²) in [6.45, 7) is 0. The summed E-state index contributed by atoms with van der Waals surface area (Å²) in [6.07, 6.45) is 0.809. The number of benzene rings is 2. The van der Waals surface area contributed by atoms with Crippen molar-refractivity contribution < 1.29 is 14.6 Å². The number of phenolic OH excluding ortho intramolecular Hbond substituents is 1. The number of hydrogen-bond acceptors (Lipinski definition) is 3. The van der Waals surface area contributed by atoms with E-state index in [1.807, 2.05) is 30.3 Å². The Balaban J connectivity index is 1.84. The third kappa shape index (κ3) is 1.88. The van der Waals surface area contributed by atoms with Gasteiger partial charge in [-0.25, -0.2) is 0 Å². The fourth-order valence-corrected chi connectivity index (χ4v) is 2.24. The molecule has 1 aliphatic rings. The Morgan fingerprint density at radius 2 is 1.94 bits per heavy atom. The van der Waals surface area contributed by atoms with Crippen LogP contribution in [0.25, 0.3) is 0 Å². The summed E-state index contributed by atoms with van der Waals surface area (Å²) in [5.74, 6) is 1.98. The van der Waals surface area contributed by atoms with Crippen molar-refractivity contribution in [2.75, 3.05) is 7.11 Å². The average molecular weight is 242 g/mol. The average Bonchev–Trinajstić information content (AvgIpc) is 2.81. The van der Waals surface area contributed by atoms with Crippen molar-refractivity contribution in [3.05, 3.63) is 53.6 Å². The molecular weight excluding hydrogens is 228 g/mol. The van der Waals surface area contributed by atoms with E-state index in [9.17, 15) is 5.11 Å². The number of rotatable bonds is 2. The van der Waals surface area contributed by atoms with E-state index in [0.29, 0.717) is 0 Å². The standard InChI is InChI=1S/C15H14O3/c1-17-13-5-2-10(3-6-13)15-9-11-8-12(16)4-7-14(11)18-15/h2-8,15-16H,9H2,1H3. The van der Waals surface area contributed by atoms with Gasteiger partial charge >= 0.3 is 0 Å². The Labute approximate surface area is 106 Å². The molecule has 3 heteroatoms. The van der Waals surface area contributed by atoms with Gasteiger partial charge in [0, 0.05) is 12.0 Å². The number of aromatic hydroxyl groups is 1. The smallest absolute Gasteiger partial charge is 0.128 e. The molecule has 1 atom stereocenters. The molecule has 0 amide bonds. The van der Waals surface area contributed by atoms with Crippen LogP contribution in [-0.4, -0.2) is 12.2 Å². The Kier molecular flexibility index (Phi) is 2.59. The Bertz CT molecular complexity index is 560. The largest absolute Gasteiger partial charge is 0.508 e. The third-order valence-electron chi connectivity index (χ3n) is 3.21. The topological polar surface area (TPSA) is 38.7 Å². The zero-order valence-corrected chi connectivity index (χ0v) is 10.1. The number of phenols is 1. The maximum absolute atomic E-state index is 9.45. The monoisotopic (exact) mass is 242 g/mol. The molecule has 1 N–H and O–H groups in total. The van der Waals surface area contributed by atoms with Gasteiger partial charge in [-0.15, -0.1) is 0 Å². The van der Waals surface area contributed by atoms with Crippen LogP contribution in [-0.2, 0) is 6.42 Å². The number of methoxy groups -OCH3 is 1. The normalized spacial score (nSPS) is 17.1. The summed E-state index contributed by atoms with van der Waals surface area (Å²) in [5, 5.41) is 9.45. The van der Waals surface area contributed by atoms with Gasteiger partial charge in [0.2, 0.25) is 0 Å². The molecule has 18 heavy (non-hydrogen) atoms. The molecule has 0 saturated heterocycles. The first-order valence-electron chi connectivity index (χ1n) is 5.89. The highest BCUT2D eigenvalue weighted by molar-refractivity contribution is 5.44. The summed E-state index contributed by atoms with van der Waals surface area (Å²) < 4.78 is 11.0. The van der Waals surface area contributed by atoms with Gasteiger partial charge < -0.3 is 14.6 Å². The molecule has 0 bridgehead atoms. The first kappa shape index (κ1) is 11.0. The van der Waals surface area contributed by atoms with E-state index in [1.54, 1.807) is 19.2 Å². The summed E-state index contributed by atoms with van der Waals surface area (Å²) in [5.41, 5.74) is 2.17. The first-order chi connectivity index (χ1) is 8.76. The lowest BCUT2D eigenvalue weighted by atomic mass is 10.0. The van der Waals surface area contributed by atoms with Gasteiger partial charge in [0.25, 0.3) is 0 Å². The molecule has 0 aromatic heterocycles. The number of ether oxygens (including phenoxy) is 2. The molecule has 3 nitrogen and oxygen atoms in total. The highest BCUT2D eigenvalue weighted by Gasteiger charge is 2.24. The molecule has 92 valence electrons. The van der Waals surface area contributed by atoms with Crippen molar-refractivity contribution in [2.24, 2.45) is 0 Å². The van der Waals surface area contributed by atoms with Crippen LogP contribution in [0.15, 0.2) is 42.5 Å². The second-order valence-electron chi connectivity index (χ2n) is 4.38. The summed E-state index contributed by atoms with van der Waals surface area (Å²) in [6, 6.07) is 13.1. The number of hydrogen-bond donors (Lipinski definition) is 1. The number of fused-ring (bicyclic) bond motifs is 1.